The molecule has 0 bridgehead atoms. The minimum atomic E-state index is -0.0930. The van der Waals surface area contributed by atoms with Crippen LogP contribution < -0.4 is 14.8 Å². The highest BCUT2D eigenvalue weighted by Gasteiger charge is 2.21. The summed E-state index contributed by atoms with van der Waals surface area (Å²) in [7, 11) is 1.64. The number of nitrogens with zero attached hydrogens (tertiary/aromatic N) is 2. The molecule has 0 spiro atoms. The van der Waals surface area contributed by atoms with E-state index >= 15 is 0 Å². The smallest absolute Gasteiger partial charge is 0.251 e. The summed E-state index contributed by atoms with van der Waals surface area (Å²) in [6, 6.07) is 15.1. The Bertz CT molecular complexity index is 938. The Hall–Kier alpha value is -3.28. The van der Waals surface area contributed by atoms with Gasteiger partial charge in [-0.3, -0.25) is 4.79 Å². The van der Waals surface area contributed by atoms with Crippen LogP contribution in [0.15, 0.2) is 60.9 Å². The molecule has 138 valence electrons. The minimum absolute atomic E-state index is 0.0930. The van der Waals surface area contributed by atoms with Crippen LogP contribution in [-0.2, 0) is 6.42 Å². The molecular weight excluding hydrogens is 342 g/mol. The fourth-order valence-corrected chi connectivity index (χ4v) is 3.22. The number of nitrogens with one attached hydrogen (secondary N) is 1. The molecule has 6 nitrogen and oxygen atoms in total. The van der Waals surface area contributed by atoms with Gasteiger partial charge in [-0.2, -0.15) is 5.10 Å². The van der Waals surface area contributed by atoms with Gasteiger partial charge in [-0.15, -0.1) is 0 Å². The number of ether oxygens (including phenoxy) is 2. The van der Waals surface area contributed by atoms with Crippen molar-refractivity contribution in [3.63, 3.8) is 0 Å². The summed E-state index contributed by atoms with van der Waals surface area (Å²) in [5.74, 6) is 1.80. The molecule has 1 aromatic heterocycles. The van der Waals surface area contributed by atoms with Crippen LogP contribution in [0.3, 0.4) is 0 Å². The van der Waals surface area contributed by atoms with Gasteiger partial charge >= 0.3 is 0 Å². The van der Waals surface area contributed by atoms with Crippen molar-refractivity contribution in [1.82, 2.24) is 15.1 Å². The van der Waals surface area contributed by atoms with Crippen LogP contribution in [0, 0.1) is 5.92 Å². The van der Waals surface area contributed by atoms with Crippen molar-refractivity contribution in [3.05, 3.63) is 72.1 Å². The van der Waals surface area contributed by atoms with E-state index in [9.17, 15) is 4.79 Å². The molecule has 0 saturated carbocycles. The van der Waals surface area contributed by atoms with Gasteiger partial charge in [-0.1, -0.05) is 12.1 Å². The normalized spacial score (nSPS) is 15.5. The number of aromatic nitrogens is 2. The first-order valence-corrected chi connectivity index (χ1v) is 8.91. The van der Waals surface area contributed by atoms with Crippen LogP contribution in [0.5, 0.6) is 11.5 Å². The minimum Gasteiger partial charge on any atom is -0.497 e. The van der Waals surface area contributed by atoms with E-state index in [1.807, 2.05) is 48.7 Å². The number of amides is 1. The lowest BCUT2D eigenvalue weighted by molar-refractivity contribution is 0.0939. The SMILES string of the molecule is COc1ccc2c(c1)OC[C@H](CNC(=O)c1cccc(-n3cccn3)c1)C2. The zero-order chi connectivity index (χ0) is 18.6. The fraction of sp³-hybridized carbons (Fsp3) is 0.238. The Kier molecular flexibility index (Phi) is 4.78. The van der Waals surface area contributed by atoms with Crippen molar-refractivity contribution in [2.45, 2.75) is 6.42 Å². The molecule has 2 aromatic carbocycles. The zero-order valence-electron chi connectivity index (χ0n) is 15.1. The third-order valence-electron chi connectivity index (χ3n) is 4.69. The van der Waals surface area contributed by atoms with Gasteiger partial charge in [0.05, 0.1) is 19.4 Å². The average molecular weight is 363 g/mol. The fourth-order valence-electron chi connectivity index (χ4n) is 3.22. The van der Waals surface area contributed by atoms with Gasteiger partial charge in [-0.05, 0) is 42.3 Å². The first-order chi connectivity index (χ1) is 13.2. The monoisotopic (exact) mass is 363 g/mol. The third-order valence-corrected chi connectivity index (χ3v) is 4.69. The number of fused-ring (bicyclic) bond motifs is 1. The number of benzene rings is 2. The Labute approximate surface area is 157 Å². The molecule has 1 aliphatic rings. The van der Waals surface area contributed by atoms with Gasteiger partial charge in [0.1, 0.15) is 11.5 Å². The van der Waals surface area contributed by atoms with Crippen molar-refractivity contribution in [1.29, 1.82) is 0 Å². The second-order valence-corrected chi connectivity index (χ2v) is 6.57. The zero-order valence-corrected chi connectivity index (χ0v) is 15.1. The van der Waals surface area contributed by atoms with Crippen LogP contribution >= 0.6 is 0 Å². The lowest BCUT2D eigenvalue weighted by atomic mass is 9.96. The summed E-state index contributed by atoms with van der Waals surface area (Å²) in [6.07, 6.45) is 4.43. The van der Waals surface area contributed by atoms with Crippen LogP contribution in [-0.4, -0.2) is 35.9 Å². The van der Waals surface area contributed by atoms with Gasteiger partial charge in [-0.25, -0.2) is 4.68 Å². The maximum Gasteiger partial charge on any atom is 0.251 e. The van der Waals surface area contributed by atoms with Crippen molar-refractivity contribution in [2.24, 2.45) is 5.92 Å². The molecular formula is C21H21N3O3. The first kappa shape index (κ1) is 17.1. The molecule has 6 heteroatoms. The Morgan fingerprint density at radius 1 is 1.30 bits per heavy atom. The highest BCUT2D eigenvalue weighted by Crippen LogP contribution is 2.30. The molecule has 1 aliphatic heterocycles. The van der Waals surface area contributed by atoms with Gasteiger partial charge in [0, 0.05) is 36.5 Å². The Balaban J connectivity index is 1.38. The molecule has 1 N–H and O–H groups in total. The summed E-state index contributed by atoms with van der Waals surface area (Å²) < 4.78 is 12.8. The lowest BCUT2D eigenvalue weighted by Crippen LogP contribution is -2.34. The van der Waals surface area contributed by atoms with E-state index in [0.29, 0.717) is 18.7 Å². The standard InChI is InChI=1S/C21H21N3O3/c1-26-19-7-6-16-10-15(14-27-20(16)12-19)13-22-21(25)17-4-2-5-18(11-17)24-9-3-8-23-24/h2-9,11-12,15H,10,13-14H2,1H3,(H,22,25)/t15-/m0/s1. The summed E-state index contributed by atoms with van der Waals surface area (Å²) in [6.45, 7) is 1.14. The summed E-state index contributed by atoms with van der Waals surface area (Å²) in [4.78, 5) is 12.5. The van der Waals surface area contributed by atoms with Gasteiger partial charge in [0.25, 0.3) is 5.91 Å². The van der Waals surface area contributed by atoms with E-state index in [1.165, 1.54) is 0 Å². The first-order valence-electron chi connectivity index (χ1n) is 8.91. The second-order valence-electron chi connectivity index (χ2n) is 6.57. The third kappa shape index (κ3) is 3.79. The van der Waals surface area contributed by atoms with Gasteiger partial charge in [0.2, 0.25) is 0 Å². The highest BCUT2D eigenvalue weighted by molar-refractivity contribution is 5.94. The molecule has 27 heavy (non-hydrogen) atoms. The number of methoxy groups -OCH3 is 1. The number of hydrogen-bond donors (Lipinski definition) is 1. The van der Waals surface area contributed by atoms with Crippen LogP contribution in [0.1, 0.15) is 15.9 Å². The molecule has 0 fully saturated rings. The van der Waals surface area contributed by atoms with E-state index in [-0.39, 0.29) is 11.8 Å². The summed E-state index contributed by atoms with van der Waals surface area (Å²) in [5.41, 5.74) is 2.61. The van der Waals surface area contributed by atoms with E-state index in [2.05, 4.69) is 10.4 Å². The molecule has 0 saturated heterocycles. The largest absolute Gasteiger partial charge is 0.497 e. The van der Waals surface area contributed by atoms with Gasteiger partial charge < -0.3 is 14.8 Å². The molecule has 1 atom stereocenters. The summed E-state index contributed by atoms with van der Waals surface area (Å²) in [5, 5.41) is 7.22. The number of hydrogen-bond acceptors (Lipinski definition) is 4. The van der Waals surface area contributed by atoms with Crippen LogP contribution in [0.25, 0.3) is 5.69 Å². The molecule has 0 unspecified atom stereocenters. The van der Waals surface area contributed by atoms with Crippen molar-refractivity contribution in [3.8, 4) is 17.2 Å². The van der Waals surface area contributed by atoms with Gasteiger partial charge in [0.15, 0.2) is 0 Å². The van der Waals surface area contributed by atoms with Crippen molar-refractivity contribution < 1.29 is 14.3 Å². The van der Waals surface area contributed by atoms with Crippen LogP contribution in [0.2, 0.25) is 0 Å². The number of carbonyl (C=O) groups excluding carboxylic acids is 1. The summed E-state index contributed by atoms with van der Waals surface area (Å²) >= 11 is 0. The van der Waals surface area contributed by atoms with Crippen molar-refractivity contribution in [2.75, 3.05) is 20.3 Å². The molecule has 4 rings (SSSR count). The molecule has 3 aromatic rings. The van der Waals surface area contributed by atoms with E-state index in [0.717, 1.165) is 29.2 Å². The van der Waals surface area contributed by atoms with Crippen molar-refractivity contribution >= 4 is 5.91 Å². The molecule has 0 radical (unpaired) electrons. The molecule has 0 aliphatic carbocycles. The van der Waals surface area contributed by atoms with Crippen LogP contribution in [0.4, 0.5) is 0 Å². The highest BCUT2D eigenvalue weighted by atomic mass is 16.5. The lowest BCUT2D eigenvalue weighted by Gasteiger charge is -2.25. The maximum atomic E-state index is 12.5. The maximum absolute atomic E-state index is 12.5. The average Bonchev–Trinajstić information content (AvgIpc) is 3.26. The number of carbonyl (C=O) groups is 1. The molecule has 2 heterocycles. The Morgan fingerprint density at radius 3 is 3.04 bits per heavy atom. The topological polar surface area (TPSA) is 65.4 Å². The van der Waals surface area contributed by atoms with E-state index < -0.39 is 0 Å². The second kappa shape index (κ2) is 7.53. The quantitative estimate of drug-likeness (QED) is 0.757. The Morgan fingerprint density at radius 2 is 2.22 bits per heavy atom. The predicted octanol–water partition coefficient (Wildman–Crippen LogP) is 2.86. The van der Waals surface area contributed by atoms with E-state index in [1.54, 1.807) is 24.1 Å². The molecule has 1 amide bonds. The number of rotatable bonds is 5. The predicted molar refractivity (Wildman–Crippen MR) is 102 cm³/mol. The van der Waals surface area contributed by atoms with E-state index in [4.69, 9.17) is 9.47 Å².